The molecule has 2 aromatic rings. The monoisotopic (exact) mass is 443 g/mol. The summed E-state index contributed by atoms with van der Waals surface area (Å²) in [5.41, 5.74) is 1.99. The lowest BCUT2D eigenvalue weighted by molar-refractivity contribution is -0.113. The Kier molecular flexibility index (Phi) is 6.20. The fourth-order valence-electron chi connectivity index (χ4n) is 3.46. The maximum absolute atomic E-state index is 12.4. The molecule has 0 N–H and O–H groups in total. The van der Waals surface area contributed by atoms with Gasteiger partial charge in [-0.05, 0) is 53.7 Å². The SMILES string of the molecule is COc1ccc(/C=C2/SC(N3CCN(c4cccc(Cl)c4)CC3)=NC2=O)cc1OC. The molecule has 8 heteroatoms. The Hall–Kier alpha value is -2.64. The number of amidine groups is 1. The van der Waals surface area contributed by atoms with Crippen molar-refractivity contribution in [1.29, 1.82) is 0 Å². The van der Waals surface area contributed by atoms with Gasteiger partial charge in [0.2, 0.25) is 0 Å². The van der Waals surface area contributed by atoms with E-state index in [4.69, 9.17) is 21.1 Å². The van der Waals surface area contributed by atoms with Crippen molar-refractivity contribution in [2.24, 2.45) is 4.99 Å². The number of thioether (sulfide) groups is 1. The van der Waals surface area contributed by atoms with E-state index in [2.05, 4.69) is 20.9 Å². The number of aliphatic imine (C=N–C) groups is 1. The lowest BCUT2D eigenvalue weighted by atomic mass is 10.2. The Balaban J connectivity index is 1.41. The first kappa shape index (κ1) is 20.6. The topological polar surface area (TPSA) is 54.4 Å². The number of benzene rings is 2. The van der Waals surface area contributed by atoms with Crippen LogP contribution in [-0.4, -0.2) is 56.4 Å². The van der Waals surface area contributed by atoms with E-state index in [9.17, 15) is 4.79 Å². The predicted molar refractivity (Wildman–Crippen MR) is 123 cm³/mol. The van der Waals surface area contributed by atoms with Crippen LogP contribution in [0.2, 0.25) is 5.02 Å². The van der Waals surface area contributed by atoms with Crippen LogP contribution in [-0.2, 0) is 4.79 Å². The molecule has 2 heterocycles. The smallest absolute Gasteiger partial charge is 0.286 e. The van der Waals surface area contributed by atoms with Gasteiger partial charge >= 0.3 is 0 Å². The summed E-state index contributed by atoms with van der Waals surface area (Å²) in [5.74, 6) is 1.07. The summed E-state index contributed by atoms with van der Waals surface area (Å²) in [5, 5.41) is 1.50. The third-order valence-electron chi connectivity index (χ3n) is 5.04. The Morgan fingerprint density at radius 2 is 1.73 bits per heavy atom. The Labute approximate surface area is 185 Å². The van der Waals surface area contributed by atoms with Gasteiger partial charge in [0, 0.05) is 36.9 Å². The average molecular weight is 444 g/mol. The summed E-state index contributed by atoms with van der Waals surface area (Å²) in [7, 11) is 3.19. The molecule has 1 saturated heterocycles. The molecule has 6 nitrogen and oxygen atoms in total. The number of amides is 1. The molecule has 0 atom stereocenters. The summed E-state index contributed by atoms with van der Waals surface area (Å²) in [6.45, 7) is 3.30. The number of ether oxygens (including phenoxy) is 2. The fourth-order valence-corrected chi connectivity index (χ4v) is 4.61. The van der Waals surface area contributed by atoms with E-state index >= 15 is 0 Å². The quantitative estimate of drug-likeness (QED) is 0.662. The van der Waals surface area contributed by atoms with Crippen LogP contribution in [0.15, 0.2) is 52.4 Å². The molecule has 0 unspecified atom stereocenters. The third-order valence-corrected chi connectivity index (χ3v) is 6.32. The largest absolute Gasteiger partial charge is 0.493 e. The van der Waals surface area contributed by atoms with Crippen LogP contribution in [0.25, 0.3) is 6.08 Å². The zero-order chi connectivity index (χ0) is 21.1. The maximum Gasteiger partial charge on any atom is 0.286 e. The molecular weight excluding hydrogens is 422 g/mol. The van der Waals surface area contributed by atoms with Crippen LogP contribution in [0.1, 0.15) is 5.56 Å². The van der Waals surface area contributed by atoms with Gasteiger partial charge in [0.05, 0.1) is 19.1 Å². The Morgan fingerprint density at radius 1 is 1.00 bits per heavy atom. The highest BCUT2D eigenvalue weighted by Gasteiger charge is 2.28. The Bertz CT molecular complexity index is 1020. The molecule has 0 aliphatic carbocycles. The molecule has 2 aromatic carbocycles. The number of carbonyl (C=O) groups excluding carboxylic acids is 1. The third kappa shape index (κ3) is 4.42. The summed E-state index contributed by atoms with van der Waals surface area (Å²) in [6, 6.07) is 13.5. The Morgan fingerprint density at radius 3 is 2.43 bits per heavy atom. The number of anilines is 1. The van der Waals surface area contributed by atoms with E-state index in [0.29, 0.717) is 16.4 Å². The van der Waals surface area contributed by atoms with Crippen molar-refractivity contribution in [2.75, 3.05) is 45.3 Å². The summed E-state index contributed by atoms with van der Waals surface area (Å²) < 4.78 is 10.6. The number of hydrogen-bond donors (Lipinski definition) is 0. The van der Waals surface area contributed by atoms with E-state index in [1.807, 2.05) is 42.5 Å². The molecule has 1 amide bonds. The van der Waals surface area contributed by atoms with Crippen molar-refractivity contribution in [3.05, 3.63) is 58.0 Å². The van der Waals surface area contributed by atoms with Gasteiger partial charge in [-0.25, -0.2) is 0 Å². The van der Waals surface area contributed by atoms with E-state index in [1.54, 1.807) is 14.2 Å². The van der Waals surface area contributed by atoms with Gasteiger partial charge in [-0.1, -0.05) is 23.7 Å². The number of halogens is 1. The zero-order valence-corrected chi connectivity index (χ0v) is 18.4. The van der Waals surface area contributed by atoms with Crippen molar-refractivity contribution in [3.63, 3.8) is 0 Å². The van der Waals surface area contributed by atoms with Crippen LogP contribution < -0.4 is 14.4 Å². The molecule has 30 heavy (non-hydrogen) atoms. The van der Waals surface area contributed by atoms with E-state index in [-0.39, 0.29) is 5.91 Å². The highest BCUT2D eigenvalue weighted by Crippen LogP contribution is 2.33. The van der Waals surface area contributed by atoms with Crippen molar-refractivity contribution in [1.82, 2.24) is 4.90 Å². The maximum atomic E-state index is 12.4. The number of hydrogen-bond acceptors (Lipinski definition) is 6. The lowest BCUT2D eigenvalue weighted by Crippen LogP contribution is -2.47. The standard InChI is InChI=1S/C22H22ClN3O3S/c1-28-18-7-6-15(12-19(18)29-2)13-20-21(27)24-22(30-20)26-10-8-25(9-11-26)17-5-3-4-16(23)14-17/h3-7,12-14H,8-11H2,1-2H3/b20-13+. The molecular formula is C22H22ClN3O3S. The summed E-state index contributed by atoms with van der Waals surface area (Å²) >= 11 is 7.53. The van der Waals surface area contributed by atoms with Gasteiger partial charge in [-0.3, -0.25) is 4.79 Å². The highest BCUT2D eigenvalue weighted by molar-refractivity contribution is 8.18. The average Bonchev–Trinajstić information content (AvgIpc) is 3.14. The number of carbonyl (C=O) groups is 1. The predicted octanol–water partition coefficient (Wildman–Crippen LogP) is 4.15. The first-order valence-corrected chi connectivity index (χ1v) is 10.8. The van der Waals surface area contributed by atoms with E-state index in [1.165, 1.54) is 11.8 Å². The second-order valence-corrected chi connectivity index (χ2v) is 8.32. The van der Waals surface area contributed by atoms with Crippen molar-refractivity contribution < 1.29 is 14.3 Å². The molecule has 156 valence electrons. The molecule has 0 saturated carbocycles. The summed E-state index contributed by atoms with van der Waals surface area (Å²) in [4.78, 5) is 21.8. The highest BCUT2D eigenvalue weighted by atomic mass is 35.5. The number of nitrogens with zero attached hydrogens (tertiary/aromatic N) is 3. The van der Waals surface area contributed by atoms with Crippen LogP contribution in [0.3, 0.4) is 0 Å². The van der Waals surface area contributed by atoms with E-state index < -0.39 is 0 Å². The van der Waals surface area contributed by atoms with Gasteiger partial charge in [-0.15, -0.1) is 0 Å². The minimum Gasteiger partial charge on any atom is -0.493 e. The molecule has 0 radical (unpaired) electrons. The fraction of sp³-hybridized carbons (Fsp3) is 0.273. The minimum atomic E-state index is -0.206. The van der Waals surface area contributed by atoms with Gasteiger partial charge in [-0.2, -0.15) is 4.99 Å². The van der Waals surface area contributed by atoms with Crippen molar-refractivity contribution in [2.45, 2.75) is 0 Å². The number of rotatable bonds is 4. The number of methoxy groups -OCH3 is 2. The molecule has 0 bridgehead atoms. The molecule has 2 aliphatic rings. The second kappa shape index (κ2) is 9.02. The first-order valence-electron chi connectivity index (χ1n) is 9.57. The van der Waals surface area contributed by atoms with Gasteiger partial charge in [0.1, 0.15) is 0 Å². The van der Waals surface area contributed by atoms with Crippen molar-refractivity contribution in [3.8, 4) is 11.5 Å². The molecule has 2 aliphatic heterocycles. The van der Waals surface area contributed by atoms with Crippen LogP contribution in [0, 0.1) is 0 Å². The van der Waals surface area contributed by atoms with Crippen LogP contribution in [0.5, 0.6) is 11.5 Å². The molecule has 0 spiro atoms. The van der Waals surface area contributed by atoms with Crippen molar-refractivity contribution >= 4 is 46.2 Å². The van der Waals surface area contributed by atoms with Gasteiger partial charge in [0.25, 0.3) is 5.91 Å². The minimum absolute atomic E-state index is 0.206. The zero-order valence-electron chi connectivity index (χ0n) is 16.8. The lowest BCUT2D eigenvalue weighted by Gasteiger charge is -2.36. The first-order chi connectivity index (χ1) is 14.6. The number of piperazine rings is 1. The normalized spacial score (nSPS) is 18.0. The van der Waals surface area contributed by atoms with Gasteiger partial charge < -0.3 is 19.3 Å². The molecule has 0 aromatic heterocycles. The van der Waals surface area contributed by atoms with Crippen LogP contribution >= 0.6 is 23.4 Å². The summed E-state index contributed by atoms with van der Waals surface area (Å²) in [6.07, 6.45) is 1.84. The second-order valence-electron chi connectivity index (χ2n) is 6.88. The van der Waals surface area contributed by atoms with E-state index in [0.717, 1.165) is 47.6 Å². The van der Waals surface area contributed by atoms with Gasteiger partial charge in [0.15, 0.2) is 16.7 Å². The molecule has 1 fully saturated rings. The molecule has 4 rings (SSSR count). The van der Waals surface area contributed by atoms with Crippen LogP contribution in [0.4, 0.5) is 5.69 Å².